The summed E-state index contributed by atoms with van der Waals surface area (Å²) in [5, 5.41) is 0. The standard InChI is InChI=1S/C18H28N2O3/c1-4-20(16-8-6-5-7-14(16)2)18(22)15-9-10-17(21)19(13-15)11-12-23-3/h9-10,13-14,16H,4-8,11-12H2,1-3H3/t14-,16+/m1/s1. The van der Waals surface area contributed by atoms with E-state index < -0.39 is 0 Å². The minimum Gasteiger partial charge on any atom is -0.383 e. The van der Waals surface area contributed by atoms with Crippen LogP contribution in [0.4, 0.5) is 0 Å². The van der Waals surface area contributed by atoms with E-state index in [0.717, 1.165) is 6.42 Å². The van der Waals surface area contributed by atoms with Crippen molar-refractivity contribution in [2.45, 2.75) is 52.1 Å². The molecule has 0 bridgehead atoms. The van der Waals surface area contributed by atoms with Gasteiger partial charge in [-0.05, 0) is 31.7 Å². The minimum atomic E-state index is -0.104. The third kappa shape index (κ3) is 4.22. The molecule has 1 aliphatic carbocycles. The van der Waals surface area contributed by atoms with Gasteiger partial charge in [0, 0.05) is 38.5 Å². The van der Waals surface area contributed by atoms with Crippen molar-refractivity contribution < 1.29 is 9.53 Å². The van der Waals surface area contributed by atoms with Crippen molar-refractivity contribution in [3.63, 3.8) is 0 Å². The molecule has 1 fully saturated rings. The lowest BCUT2D eigenvalue weighted by Gasteiger charge is -2.38. The lowest BCUT2D eigenvalue weighted by molar-refractivity contribution is 0.0568. The molecular weight excluding hydrogens is 292 g/mol. The molecule has 2 rings (SSSR count). The van der Waals surface area contributed by atoms with Gasteiger partial charge in [-0.15, -0.1) is 0 Å². The molecule has 5 heteroatoms. The van der Waals surface area contributed by atoms with Crippen LogP contribution in [0.15, 0.2) is 23.1 Å². The Bertz CT molecular complexity index is 582. The van der Waals surface area contributed by atoms with E-state index in [1.807, 2.05) is 11.8 Å². The highest BCUT2D eigenvalue weighted by Gasteiger charge is 2.30. The fourth-order valence-corrected chi connectivity index (χ4v) is 3.48. The number of carbonyl (C=O) groups excluding carboxylic acids is 1. The van der Waals surface area contributed by atoms with Crippen molar-refractivity contribution >= 4 is 5.91 Å². The van der Waals surface area contributed by atoms with Crippen molar-refractivity contribution in [3.8, 4) is 0 Å². The Balaban J connectivity index is 2.21. The highest BCUT2D eigenvalue weighted by Crippen LogP contribution is 2.28. The highest BCUT2D eigenvalue weighted by atomic mass is 16.5. The number of hydrogen-bond acceptors (Lipinski definition) is 3. The van der Waals surface area contributed by atoms with Crippen LogP contribution in [-0.2, 0) is 11.3 Å². The van der Waals surface area contributed by atoms with E-state index in [4.69, 9.17) is 4.74 Å². The zero-order valence-electron chi connectivity index (χ0n) is 14.5. The van der Waals surface area contributed by atoms with Gasteiger partial charge >= 0.3 is 0 Å². The molecule has 1 aliphatic rings. The van der Waals surface area contributed by atoms with Gasteiger partial charge in [0.05, 0.1) is 12.2 Å². The summed E-state index contributed by atoms with van der Waals surface area (Å²) in [5.74, 6) is 0.560. The molecule has 0 N–H and O–H groups in total. The van der Waals surface area contributed by atoms with Gasteiger partial charge in [0.1, 0.15) is 0 Å². The van der Waals surface area contributed by atoms with E-state index in [1.165, 1.54) is 25.3 Å². The first-order valence-corrected chi connectivity index (χ1v) is 8.58. The maximum Gasteiger partial charge on any atom is 0.255 e. The fraction of sp³-hybridized carbons (Fsp3) is 0.667. The quantitative estimate of drug-likeness (QED) is 0.809. The number of pyridine rings is 1. The van der Waals surface area contributed by atoms with Gasteiger partial charge in [-0.2, -0.15) is 0 Å². The molecule has 0 saturated heterocycles. The molecule has 0 spiro atoms. The van der Waals surface area contributed by atoms with E-state index >= 15 is 0 Å². The van der Waals surface area contributed by atoms with E-state index in [9.17, 15) is 9.59 Å². The van der Waals surface area contributed by atoms with Crippen LogP contribution in [0.25, 0.3) is 0 Å². The first kappa shape index (κ1) is 17.7. The Kier molecular flexibility index (Phi) is 6.39. The number of nitrogens with zero attached hydrogens (tertiary/aromatic N) is 2. The molecule has 1 aromatic rings. The van der Waals surface area contributed by atoms with Crippen molar-refractivity contribution in [3.05, 3.63) is 34.2 Å². The predicted molar refractivity (Wildman–Crippen MR) is 90.7 cm³/mol. The SMILES string of the molecule is CCN(C(=O)c1ccc(=O)n(CCOC)c1)[C@H]1CCCC[C@H]1C. The summed E-state index contributed by atoms with van der Waals surface area (Å²) in [6.45, 7) is 5.88. The van der Waals surface area contributed by atoms with Gasteiger partial charge in [-0.3, -0.25) is 9.59 Å². The van der Waals surface area contributed by atoms with Crippen LogP contribution in [0.2, 0.25) is 0 Å². The van der Waals surface area contributed by atoms with Crippen LogP contribution >= 0.6 is 0 Å². The molecule has 0 unspecified atom stereocenters. The first-order chi connectivity index (χ1) is 11.1. The smallest absolute Gasteiger partial charge is 0.255 e. The third-order valence-electron chi connectivity index (χ3n) is 4.83. The van der Waals surface area contributed by atoms with E-state index in [2.05, 4.69) is 6.92 Å². The molecule has 1 heterocycles. The number of methoxy groups -OCH3 is 1. The lowest BCUT2D eigenvalue weighted by atomic mass is 9.84. The van der Waals surface area contributed by atoms with Crippen molar-refractivity contribution in [2.24, 2.45) is 5.92 Å². The van der Waals surface area contributed by atoms with Crippen LogP contribution < -0.4 is 5.56 Å². The zero-order chi connectivity index (χ0) is 16.8. The number of aromatic nitrogens is 1. The average Bonchev–Trinajstić information content (AvgIpc) is 2.56. The van der Waals surface area contributed by atoms with Crippen molar-refractivity contribution in [2.75, 3.05) is 20.3 Å². The Morgan fingerprint density at radius 2 is 2.09 bits per heavy atom. The second-order valence-electron chi connectivity index (χ2n) is 6.36. The molecule has 2 atom stereocenters. The van der Waals surface area contributed by atoms with Gasteiger partial charge in [0.2, 0.25) is 0 Å². The Morgan fingerprint density at radius 1 is 1.35 bits per heavy atom. The molecule has 5 nitrogen and oxygen atoms in total. The van der Waals surface area contributed by atoms with Gasteiger partial charge in [-0.1, -0.05) is 19.8 Å². The summed E-state index contributed by atoms with van der Waals surface area (Å²) in [5.41, 5.74) is 0.480. The zero-order valence-corrected chi connectivity index (χ0v) is 14.5. The summed E-state index contributed by atoms with van der Waals surface area (Å²) in [4.78, 5) is 26.8. The molecule has 128 valence electrons. The van der Waals surface area contributed by atoms with Gasteiger partial charge in [0.25, 0.3) is 11.5 Å². The van der Waals surface area contributed by atoms with Crippen LogP contribution in [0, 0.1) is 5.92 Å². The number of rotatable bonds is 6. The second kappa shape index (κ2) is 8.29. The number of ether oxygens (including phenoxy) is 1. The highest BCUT2D eigenvalue weighted by molar-refractivity contribution is 5.94. The lowest BCUT2D eigenvalue weighted by Crippen LogP contribution is -2.45. The molecule has 1 saturated carbocycles. The first-order valence-electron chi connectivity index (χ1n) is 8.58. The summed E-state index contributed by atoms with van der Waals surface area (Å²) >= 11 is 0. The molecule has 1 aromatic heterocycles. The molecular formula is C18H28N2O3. The fourth-order valence-electron chi connectivity index (χ4n) is 3.48. The summed E-state index contributed by atoms with van der Waals surface area (Å²) in [7, 11) is 1.60. The third-order valence-corrected chi connectivity index (χ3v) is 4.83. The van der Waals surface area contributed by atoms with Gasteiger partial charge < -0.3 is 14.2 Å². The number of amides is 1. The minimum absolute atomic E-state index is 0.0254. The molecule has 23 heavy (non-hydrogen) atoms. The summed E-state index contributed by atoms with van der Waals surface area (Å²) in [6.07, 6.45) is 6.36. The van der Waals surface area contributed by atoms with Gasteiger partial charge in [0.15, 0.2) is 0 Å². The Labute approximate surface area is 138 Å². The normalized spacial score (nSPS) is 21.2. The van der Waals surface area contributed by atoms with Crippen LogP contribution in [0.3, 0.4) is 0 Å². The summed E-state index contributed by atoms with van der Waals surface area (Å²) in [6, 6.07) is 3.42. The molecule has 1 amide bonds. The van der Waals surface area contributed by atoms with E-state index in [0.29, 0.717) is 37.2 Å². The largest absolute Gasteiger partial charge is 0.383 e. The van der Waals surface area contributed by atoms with Crippen molar-refractivity contribution in [1.82, 2.24) is 9.47 Å². The van der Waals surface area contributed by atoms with Gasteiger partial charge in [-0.25, -0.2) is 0 Å². The molecule has 0 aromatic carbocycles. The molecule has 0 radical (unpaired) electrons. The van der Waals surface area contributed by atoms with Crippen LogP contribution in [0.1, 0.15) is 49.9 Å². The Hall–Kier alpha value is -1.62. The van der Waals surface area contributed by atoms with Crippen molar-refractivity contribution in [1.29, 1.82) is 0 Å². The second-order valence-corrected chi connectivity index (χ2v) is 6.36. The maximum absolute atomic E-state index is 12.9. The monoisotopic (exact) mass is 320 g/mol. The Morgan fingerprint density at radius 3 is 2.74 bits per heavy atom. The number of hydrogen-bond donors (Lipinski definition) is 0. The predicted octanol–water partition coefficient (Wildman–Crippen LogP) is 2.54. The maximum atomic E-state index is 12.9. The van der Waals surface area contributed by atoms with Crippen LogP contribution in [-0.4, -0.2) is 41.7 Å². The average molecular weight is 320 g/mol. The van der Waals surface area contributed by atoms with Crippen LogP contribution in [0.5, 0.6) is 0 Å². The molecule has 0 aliphatic heterocycles. The van der Waals surface area contributed by atoms with E-state index in [-0.39, 0.29) is 11.5 Å². The topological polar surface area (TPSA) is 51.5 Å². The number of carbonyl (C=O) groups is 1. The summed E-state index contributed by atoms with van der Waals surface area (Å²) < 4.78 is 6.57. The van der Waals surface area contributed by atoms with E-state index in [1.54, 1.807) is 23.9 Å².